The summed E-state index contributed by atoms with van der Waals surface area (Å²) in [6, 6.07) is 11.1. The molecule has 176 valence electrons. The third-order valence-corrected chi connectivity index (χ3v) is 7.26. The number of phenols is 1. The van der Waals surface area contributed by atoms with Crippen LogP contribution in [0.5, 0.6) is 11.5 Å². The van der Waals surface area contributed by atoms with E-state index >= 15 is 0 Å². The van der Waals surface area contributed by atoms with Crippen molar-refractivity contribution in [3.63, 3.8) is 0 Å². The average Bonchev–Trinajstić information content (AvgIpc) is 3.33. The van der Waals surface area contributed by atoms with Crippen LogP contribution < -0.4 is 9.64 Å². The Labute approximate surface area is 202 Å². The van der Waals surface area contributed by atoms with Crippen molar-refractivity contribution in [3.8, 4) is 11.5 Å². The minimum absolute atomic E-state index is 0.00164. The minimum atomic E-state index is -0.864. The largest absolute Gasteiger partial charge is 0.507 e. The number of methoxy groups -OCH3 is 1. The van der Waals surface area contributed by atoms with Gasteiger partial charge in [-0.3, -0.25) is 14.5 Å². The van der Waals surface area contributed by atoms with Crippen LogP contribution in [0.2, 0.25) is 0 Å². The number of Topliss-reactive ketones (excluding diaryl/α,β-unsaturated/α-hetero) is 1. The highest BCUT2D eigenvalue weighted by Gasteiger charge is 2.48. The quantitative estimate of drug-likeness (QED) is 0.274. The van der Waals surface area contributed by atoms with Crippen LogP contribution in [-0.4, -0.2) is 29.0 Å². The fourth-order valence-electron chi connectivity index (χ4n) is 4.39. The third kappa shape index (κ3) is 3.76. The predicted octanol–water partition coefficient (Wildman–Crippen LogP) is 5.83. The van der Waals surface area contributed by atoms with Gasteiger partial charge in [0.25, 0.3) is 11.7 Å². The molecule has 3 aromatic rings. The number of anilines is 1. The summed E-state index contributed by atoms with van der Waals surface area (Å²) in [6.07, 6.45) is 0. The van der Waals surface area contributed by atoms with Gasteiger partial charge in [-0.2, -0.15) is 0 Å². The van der Waals surface area contributed by atoms with E-state index in [-0.39, 0.29) is 28.7 Å². The number of para-hydroxylation sites is 2. The number of benzene rings is 2. The molecule has 0 radical (unpaired) electrons. The van der Waals surface area contributed by atoms with E-state index in [0.717, 1.165) is 16.0 Å². The normalized spacial score (nSPS) is 17.6. The number of carbonyl (C=O) groups is 2. The van der Waals surface area contributed by atoms with Crippen LogP contribution in [0.25, 0.3) is 5.76 Å². The van der Waals surface area contributed by atoms with Crippen LogP contribution in [0.3, 0.4) is 0 Å². The van der Waals surface area contributed by atoms with Gasteiger partial charge < -0.3 is 14.9 Å². The van der Waals surface area contributed by atoms with Gasteiger partial charge in [0.2, 0.25) is 0 Å². The second-order valence-corrected chi connectivity index (χ2v) is 9.64. The summed E-state index contributed by atoms with van der Waals surface area (Å²) in [5.74, 6) is -1.14. The number of phenolic OH excluding ortho intramolecular Hbond substituents is 1. The van der Waals surface area contributed by atoms with Gasteiger partial charge in [0.15, 0.2) is 0 Å². The molecule has 4 rings (SSSR count). The van der Waals surface area contributed by atoms with Crippen molar-refractivity contribution in [2.75, 3.05) is 12.0 Å². The molecule has 0 bridgehead atoms. The van der Waals surface area contributed by atoms with E-state index in [0.29, 0.717) is 16.9 Å². The third-order valence-electron chi connectivity index (χ3n) is 6.19. The number of aromatic hydroxyl groups is 1. The van der Waals surface area contributed by atoms with Crippen molar-refractivity contribution >= 4 is 34.5 Å². The van der Waals surface area contributed by atoms with Gasteiger partial charge in [0, 0.05) is 10.4 Å². The first-order valence-electron chi connectivity index (χ1n) is 11.0. The molecule has 6 nitrogen and oxygen atoms in total. The summed E-state index contributed by atoms with van der Waals surface area (Å²) in [4.78, 5) is 28.7. The van der Waals surface area contributed by atoms with Gasteiger partial charge >= 0.3 is 0 Å². The molecule has 1 aromatic heterocycles. The number of ether oxygens (including phenoxy) is 1. The number of amides is 1. The lowest BCUT2D eigenvalue weighted by Crippen LogP contribution is -2.29. The number of thiophene rings is 1. The number of rotatable bonds is 5. The van der Waals surface area contributed by atoms with E-state index in [1.54, 1.807) is 25.3 Å². The van der Waals surface area contributed by atoms with Gasteiger partial charge in [-0.05, 0) is 72.2 Å². The Bertz CT molecular complexity index is 1320. The van der Waals surface area contributed by atoms with E-state index < -0.39 is 17.7 Å². The Kier molecular flexibility index (Phi) is 6.23. The molecule has 0 spiro atoms. The highest BCUT2D eigenvalue weighted by Crippen LogP contribution is 2.47. The summed E-state index contributed by atoms with van der Waals surface area (Å²) in [7, 11) is 1.59. The maximum atomic E-state index is 13.4. The molecule has 1 aliphatic rings. The number of hydrogen-bond acceptors (Lipinski definition) is 6. The zero-order valence-corrected chi connectivity index (χ0v) is 20.6. The number of ketones is 1. The molecule has 1 atom stereocenters. The maximum absolute atomic E-state index is 13.4. The van der Waals surface area contributed by atoms with Crippen molar-refractivity contribution in [2.45, 2.75) is 39.7 Å². The number of nitrogens with zero attached hydrogens (tertiary/aromatic N) is 1. The lowest BCUT2D eigenvalue weighted by atomic mass is 9.92. The fourth-order valence-corrected chi connectivity index (χ4v) is 5.41. The van der Waals surface area contributed by atoms with Gasteiger partial charge in [-0.25, -0.2) is 0 Å². The highest BCUT2D eigenvalue weighted by atomic mass is 32.1. The summed E-state index contributed by atoms with van der Waals surface area (Å²) in [5.41, 5.74) is 3.18. The van der Waals surface area contributed by atoms with E-state index in [1.807, 2.05) is 51.3 Å². The fraction of sp³-hybridized carbons (Fsp3) is 0.259. The summed E-state index contributed by atoms with van der Waals surface area (Å²) >= 11 is 1.40. The highest BCUT2D eigenvalue weighted by molar-refractivity contribution is 7.10. The smallest absolute Gasteiger partial charge is 0.300 e. The Morgan fingerprint density at radius 3 is 2.38 bits per heavy atom. The molecular formula is C27H27NO5S. The van der Waals surface area contributed by atoms with E-state index in [9.17, 15) is 19.8 Å². The zero-order valence-electron chi connectivity index (χ0n) is 19.7. The van der Waals surface area contributed by atoms with Crippen molar-refractivity contribution in [3.05, 3.63) is 80.5 Å². The topological polar surface area (TPSA) is 87.1 Å². The molecule has 1 amide bonds. The molecule has 34 heavy (non-hydrogen) atoms. The molecule has 0 aliphatic carbocycles. The van der Waals surface area contributed by atoms with Crippen LogP contribution in [0.15, 0.2) is 53.4 Å². The van der Waals surface area contributed by atoms with Crippen LogP contribution in [0.1, 0.15) is 52.9 Å². The molecule has 1 unspecified atom stereocenters. The summed E-state index contributed by atoms with van der Waals surface area (Å²) in [6.45, 7) is 7.75. The van der Waals surface area contributed by atoms with Gasteiger partial charge in [-0.1, -0.05) is 26.0 Å². The van der Waals surface area contributed by atoms with Crippen LogP contribution >= 0.6 is 11.3 Å². The molecule has 2 aromatic carbocycles. The van der Waals surface area contributed by atoms with Crippen molar-refractivity contribution in [2.24, 2.45) is 0 Å². The van der Waals surface area contributed by atoms with Crippen molar-refractivity contribution in [1.82, 2.24) is 0 Å². The maximum Gasteiger partial charge on any atom is 0.300 e. The monoisotopic (exact) mass is 477 g/mol. The SMILES string of the molecule is COc1cc(C)c(/C(O)=C2\C(=O)C(=O)N(c3ccccc3O)C2c2sccc2C)cc1C(C)C. The van der Waals surface area contributed by atoms with Crippen LogP contribution in [0, 0.1) is 13.8 Å². The predicted molar refractivity (Wildman–Crippen MR) is 134 cm³/mol. The molecule has 2 heterocycles. The van der Waals surface area contributed by atoms with Gasteiger partial charge in [-0.15, -0.1) is 11.3 Å². The number of hydrogen-bond donors (Lipinski definition) is 2. The minimum Gasteiger partial charge on any atom is -0.507 e. The van der Waals surface area contributed by atoms with Crippen LogP contribution in [0.4, 0.5) is 5.69 Å². The van der Waals surface area contributed by atoms with Crippen molar-refractivity contribution < 1.29 is 24.5 Å². The Hall–Kier alpha value is -3.58. The molecular weight excluding hydrogens is 450 g/mol. The van der Waals surface area contributed by atoms with Gasteiger partial charge in [0.1, 0.15) is 23.3 Å². The average molecular weight is 478 g/mol. The van der Waals surface area contributed by atoms with Gasteiger partial charge in [0.05, 0.1) is 18.4 Å². The summed E-state index contributed by atoms with van der Waals surface area (Å²) in [5, 5.41) is 23.9. The number of carbonyl (C=O) groups excluding carboxylic acids is 2. The Balaban J connectivity index is 2.00. The molecule has 2 N–H and O–H groups in total. The standard InChI is InChI=1S/C27H27NO5S/c1-14(2)17-13-18(16(4)12-21(17)33-5)24(30)22-23(26-15(3)10-11-34-26)28(27(32)25(22)31)19-8-6-7-9-20(19)29/h6-14,23,29-30H,1-5H3/b24-22+. The molecule has 1 aliphatic heterocycles. The Morgan fingerprint density at radius 1 is 1.09 bits per heavy atom. The van der Waals surface area contributed by atoms with Crippen LogP contribution in [-0.2, 0) is 9.59 Å². The first-order valence-corrected chi connectivity index (χ1v) is 11.9. The van der Waals surface area contributed by atoms with E-state index in [2.05, 4.69) is 0 Å². The molecule has 1 saturated heterocycles. The summed E-state index contributed by atoms with van der Waals surface area (Å²) < 4.78 is 5.52. The Morgan fingerprint density at radius 2 is 1.79 bits per heavy atom. The first kappa shape index (κ1) is 23.6. The second kappa shape index (κ2) is 8.99. The number of aryl methyl sites for hydroxylation is 2. The van der Waals surface area contributed by atoms with Crippen molar-refractivity contribution in [1.29, 1.82) is 0 Å². The second-order valence-electron chi connectivity index (χ2n) is 8.69. The lowest BCUT2D eigenvalue weighted by molar-refractivity contribution is -0.132. The molecule has 1 fully saturated rings. The lowest BCUT2D eigenvalue weighted by Gasteiger charge is -2.25. The molecule has 0 saturated carbocycles. The number of aliphatic hydroxyl groups is 1. The van der Waals surface area contributed by atoms with E-state index in [1.165, 1.54) is 22.3 Å². The van der Waals surface area contributed by atoms with E-state index in [4.69, 9.17) is 4.74 Å². The zero-order chi connectivity index (χ0) is 24.7. The first-order chi connectivity index (χ1) is 16.2. The molecule has 7 heteroatoms. The number of aliphatic hydroxyl groups excluding tert-OH is 1.